The van der Waals surface area contributed by atoms with E-state index in [4.69, 9.17) is 4.74 Å². The highest BCUT2D eigenvalue weighted by molar-refractivity contribution is 5.50. The molecule has 2 N–H and O–H groups in total. The summed E-state index contributed by atoms with van der Waals surface area (Å²) >= 11 is 0. The number of halogens is 1. The second-order valence-corrected chi connectivity index (χ2v) is 6.62. The van der Waals surface area contributed by atoms with E-state index in [1.165, 1.54) is 0 Å². The molecule has 3 rings (SSSR count). The minimum absolute atomic E-state index is 0.250. The molecule has 0 bridgehead atoms. The van der Waals surface area contributed by atoms with E-state index >= 15 is 0 Å². The number of anilines is 1. The first-order chi connectivity index (χ1) is 11.3. The number of piperidine rings is 2. The molecular formula is C18H27FN2O2. The third kappa shape index (κ3) is 4.22. The topological polar surface area (TPSA) is 44.7 Å². The number of hydrogen-bond acceptors (Lipinski definition) is 4. The Morgan fingerprint density at radius 3 is 2.61 bits per heavy atom. The van der Waals surface area contributed by atoms with Crippen molar-refractivity contribution in [3.05, 3.63) is 29.6 Å². The molecule has 5 heteroatoms. The minimum Gasteiger partial charge on any atom is -0.392 e. The Morgan fingerprint density at radius 2 is 1.91 bits per heavy atom. The van der Waals surface area contributed by atoms with Crippen molar-refractivity contribution < 1.29 is 14.2 Å². The van der Waals surface area contributed by atoms with Crippen LogP contribution in [0.5, 0.6) is 0 Å². The largest absolute Gasteiger partial charge is 0.392 e. The summed E-state index contributed by atoms with van der Waals surface area (Å²) < 4.78 is 20.4. The van der Waals surface area contributed by atoms with Gasteiger partial charge in [-0.3, -0.25) is 0 Å². The fourth-order valence-electron chi connectivity index (χ4n) is 3.51. The zero-order chi connectivity index (χ0) is 16.1. The van der Waals surface area contributed by atoms with Gasteiger partial charge < -0.3 is 20.1 Å². The highest BCUT2D eigenvalue weighted by Crippen LogP contribution is 2.28. The number of benzene rings is 1. The molecule has 2 heterocycles. The molecule has 0 spiro atoms. The van der Waals surface area contributed by atoms with Gasteiger partial charge >= 0.3 is 0 Å². The van der Waals surface area contributed by atoms with Gasteiger partial charge in [-0.2, -0.15) is 0 Å². The third-order valence-corrected chi connectivity index (χ3v) is 5.04. The van der Waals surface area contributed by atoms with Gasteiger partial charge in [-0.05, 0) is 50.8 Å². The number of rotatable bonds is 5. The third-order valence-electron chi connectivity index (χ3n) is 5.04. The second-order valence-electron chi connectivity index (χ2n) is 6.62. The molecule has 23 heavy (non-hydrogen) atoms. The molecular weight excluding hydrogens is 295 g/mol. The quantitative estimate of drug-likeness (QED) is 0.873. The van der Waals surface area contributed by atoms with Gasteiger partial charge in [0.2, 0.25) is 0 Å². The predicted molar refractivity (Wildman–Crippen MR) is 89.1 cm³/mol. The monoisotopic (exact) mass is 322 g/mol. The van der Waals surface area contributed by atoms with E-state index in [2.05, 4.69) is 10.2 Å². The Bertz CT molecular complexity index is 498. The highest BCUT2D eigenvalue weighted by atomic mass is 19.1. The van der Waals surface area contributed by atoms with Crippen molar-refractivity contribution >= 4 is 5.69 Å². The van der Waals surface area contributed by atoms with Gasteiger partial charge in [0.1, 0.15) is 0 Å². The number of hydrogen-bond donors (Lipinski definition) is 2. The van der Waals surface area contributed by atoms with Crippen LogP contribution in [-0.2, 0) is 11.3 Å². The standard InChI is InChI=1S/C18H27FN2O2/c19-18-15(12-22)2-1-3-17(18)21-10-6-14(7-11-21)13-23-16-4-8-20-9-5-16/h1-3,14,16,20,22H,4-13H2. The van der Waals surface area contributed by atoms with E-state index in [0.717, 1.165) is 58.5 Å². The maximum atomic E-state index is 14.3. The van der Waals surface area contributed by atoms with Crippen molar-refractivity contribution in [2.45, 2.75) is 38.4 Å². The Kier molecular flexibility index (Phi) is 5.86. The van der Waals surface area contributed by atoms with Crippen LogP contribution < -0.4 is 10.2 Å². The van der Waals surface area contributed by atoms with Crippen LogP contribution in [0.1, 0.15) is 31.2 Å². The number of aliphatic hydroxyl groups is 1. The van der Waals surface area contributed by atoms with Crippen LogP contribution >= 0.6 is 0 Å². The van der Waals surface area contributed by atoms with E-state index in [1.54, 1.807) is 12.1 Å². The first-order valence-corrected chi connectivity index (χ1v) is 8.73. The summed E-state index contributed by atoms with van der Waals surface area (Å²) in [5.74, 6) is 0.296. The van der Waals surface area contributed by atoms with Crippen LogP contribution in [0, 0.1) is 11.7 Å². The van der Waals surface area contributed by atoms with Crippen LogP contribution in [0.3, 0.4) is 0 Å². The average molecular weight is 322 g/mol. The summed E-state index contributed by atoms with van der Waals surface area (Å²) in [5, 5.41) is 12.5. The number of nitrogens with one attached hydrogen (secondary N) is 1. The summed E-state index contributed by atoms with van der Waals surface area (Å²) in [5.41, 5.74) is 0.994. The summed E-state index contributed by atoms with van der Waals surface area (Å²) in [7, 11) is 0. The molecule has 1 aromatic carbocycles. The molecule has 0 aromatic heterocycles. The van der Waals surface area contributed by atoms with Gasteiger partial charge in [0.05, 0.1) is 18.4 Å². The average Bonchev–Trinajstić information content (AvgIpc) is 2.62. The van der Waals surface area contributed by atoms with Gasteiger partial charge in [-0.15, -0.1) is 0 Å². The summed E-state index contributed by atoms with van der Waals surface area (Å²) in [6.45, 7) is 4.41. The Balaban J connectivity index is 1.48. The number of ether oxygens (including phenoxy) is 1. The molecule has 1 aromatic rings. The van der Waals surface area contributed by atoms with Gasteiger partial charge in [-0.1, -0.05) is 12.1 Å². The van der Waals surface area contributed by atoms with Crippen LogP contribution in [0.2, 0.25) is 0 Å². The Hall–Kier alpha value is -1.17. The van der Waals surface area contributed by atoms with E-state index in [9.17, 15) is 9.50 Å². The van der Waals surface area contributed by atoms with Gasteiger partial charge in [0.25, 0.3) is 0 Å². The first-order valence-electron chi connectivity index (χ1n) is 8.73. The Morgan fingerprint density at radius 1 is 1.17 bits per heavy atom. The molecule has 0 radical (unpaired) electrons. The van der Waals surface area contributed by atoms with E-state index in [1.807, 2.05) is 6.07 Å². The van der Waals surface area contributed by atoms with Crippen molar-refractivity contribution in [1.82, 2.24) is 5.32 Å². The van der Waals surface area contributed by atoms with Crippen LogP contribution in [0.4, 0.5) is 10.1 Å². The molecule has 2 aliphatic heterocycles. The highest BCUT2D eigenvalue weighted by Gasteiger charge is 2.23. The first kappa shape index (κ1) is 16.7. The van der Waals surface area contributed by atoms with E-state index in [-0.39, 0.29) is 12.4 Å². The lowest BCUT2D eigenvalue weighted by atomic mass is 9.96. The molecule has 0 atom stereocenters. The second kappa shape index (κ2) is 8.08. The smallest absolute Gasteiger partial charge is 0.151 e. The number of nitrogens with zero attached hydrogens (tertiary/aromatic N) is 1. The van der Waals surface area contributed by atoms with Gasteiger partial charge in [0.15, 0.2) is 5.82 Å². The lowest BCUT2D eigenvalue weighted by Crippen LogP contribution is -2.37. The van der Waals surface area contributed by atoms with Crippen LogP contribution in [0.25, 0.3) is 0 Å². The molecule has 2 fully saturated rings. The van der Waals surface area contributed by atoms with Crippen molar-refractivity contribution in [2.75, 3.05) is 37.7 Å². The van der Waals surface area contributed by atoms with Gasteiger partial charge in [-0.25, -0.2) is 4.39 Å². The molecule has 2 saturated heterocycles. The maximum Gasteiger partial charge on any atom is 0.151 e. The Labute approximate surface area is 137 Å². The molecule has 2 aliphatic rings. The van der Waals surface area contributed by atoms with Crippen molar-refractivity contribution in [1.29, 1.82) is 0 Å². The predicted octanol–water partition coefficient (Wildman–Crippen LogP) is 2.30. The molecule has 4 nitrogen and oxygen atoms in total. The zero-order valence-corrected chi connectivity index (χ0v) is 13.6. The fraction of sp³-hybridized carbons (Fsp3) is 0.667. The normalized spacial score (nSPS) is 20.9. The minimum atomic E-state index is -0.278. The summed E-state index contributed by atoms with van der Waals surface area (Å²) in [6.07, 6.45) is 4.70. The summed E-state index contributed by atoms with van der Waals surface area (Å²) in [4.78, 5) is 2.09. The van der Waals surface area contributed by atoms with Crippen molar-refractivity contribution in [3.63, 3.8) is 0 Å². The molecule has 128 valence electrons. The SMILES string of the molecule is OCc1cccc(N2CCC(COC3CCNCC3)CC2)c1F. The van der Waals surface area contributed by atoms with Gasteiger partial charge in [0, 0.05) is 25.3 Å². The zero-order valence-electron chi connectivity index (χ0n) is 13.6. The van der Waals surface area contributed by atoms with Crippen LogP contribution in [-0.4, -0.2) is 44.0 Å². The van der Waals surface area contributed by atoms with Crippen LogP contribution in [0.15, 0.2) is 18.2 Å². The molecule has 0 amide bonds. The van der Waals surface area contributed by atoms with E-state index in [0.29, 0.717) is 23.3 Å². The van der Waals surface area contributed by atoms with E-state index < -0.39 is 0 Å². The number of aliphatic hydroxyl groups excluding tert-OH is 1. The molecule has 0 saturated carbocycles. The lowest BCUT2D eigenvalue weighted by molar-refractivity contribution is 0.00736. The lowest BCUT2D eigenvalue weighted by Gasteiger charge is -2.35. The van der Waals surface area contributed by atoms with Crippen molar-refractivity contribution in [2.24, 2.45) is 5.92 Å². The maximum absolute atomic E-state index is 14.3. The molecule has 0 unspecified atom stereocenters. The fourth-order valence-corrected chi connectivity index (χ4v) is 3.51. The summed E-state index contributed by atoms with van der Waals surface area (Å²) in [6, 6.07) is 5.26. The molecule has 0 aliphatic carbocycles. The van der Waals surface area contributed by atoms with Crippen molar-refractivity contribution in [3.8, 4) is 0 Å².